The van der Waals surface area contributed by atoms with Crippen molar-refractivity contribution in [1.82, 2.24) is 0 Å². The molecule has 1 N–H and O–H groups in total. The third-order valence-corrected chi connectivity index (χ3v) is 4.18. The summed E-state index contributed by atoms with van der Waals surface area (Å²) >= 11 is 3.40. The summed E-state index contributed by atoms with van der Waals surface area (Å²) in [5.41, 5.74) is 1.85. The van der Waals surface area contributed by atoms with Gasteiger partial charge in [-0.25, -0.2) is 4.39 Å². The fourth-order valence-electron chi connectivity index (χ4n) is 2.60. The first-order valence-corrected chi connectivity index (χ1v) is 7.97. The second kappa shape index (κ2) is 6.50. The highest BCUT2D eigenvalue weighted by Crippen LogP contribution is 2.30. The van der Waals surface area contributed by atoms with Crippen molar-refractivity contribution in [3.63, 3.8) is 0 Å². The molecule has 0 bridgehead atoms. The lowest BCUT2D eigenvalue weighted by Crippen LogP contribution is -2.41. The molecule has 0 aromatic heterocycles. The van der Waals surface area contributed by atoms with Gasteiger partial charge in [-0.15, -0.1) is 0 Å². The Hall–Kier alpha value is -2.21. The van der Waals surface area contributed by atoms with E-state index in [-0.39, 0.29) is 18.1 Å². The van der Waals surface area contributed by atoms with Crippen molar-refractivity contribution in [3.8, 4) is 0 Å². The zero-order chi connectivity index (χ0) is 16.4. The SMILES string of the molecule is O=C(CN1C(=O)CCc2cc(Br)ccc21)Nc1ccccc1F. The van der Waals surface area contributed by atoms with Crippen LogP contribution in [0.1, 0.15) is 12.0 Å². The van der Waals surface area contributed by atoms with E-state index in [9.17, 15) is 14.0 Å². The zero-order valence-corrected chi connectivity index (χ0v) is 13.8. The van der Waals surface area contributed by atoms with E-state index in [1.165, 1.54) is 17.0 Å². The largest absolute Gasteiger partial charge is 0.322 e. The number of amides is 2. The molecule has 0 radical (unpaired) electrons. The van der Waals surface area contributed by atoms with Crippen LogP contribution in [0.4, 0.5) is 15.8 Å². The zero-order valence-electron chi connectivity index (χ0n) is 12.2. The standard InChI is InChI=1S/C17H14BrFN2O2/c18-12-6-7-15-11(9-12)5-8-17(23)21(15)10-16(22)20-14-4-2-1-3-13(14)19/h1-4,6-7,9H,5,8,10H2,(H,20,22). The smallest absolute Gasteiger partial charge is 0.244 e. The third kappa shape index (κ3) is 3.42. The Kier molecular flexibility index (Phi) is 4.43. The first kappa shape index (κ1) is 15.7. The molecule has 1 aliphatic rings. The highest BCUT2D eigenvalue weighted by Gasteiger charge is 2.26. The molecule has 1 aliphatic heterocycles. The second-order valence-electron chi connectivity index (χ2n) is 5.28. The molecule has 1 heterocycles. The van der Waals surface area contributed by atoms with Crippen LogP contribution in [0.3, 0.4) is 0 Å². The summed E-state index contributed by atoms with van der Waals surface area (Å²) in [4.78, 5) is 25.8. The molecule has 2 amide bonds. The Morgan fingerprint density at radius 1 is 1.22 bits per heavy atom. The van der Waals surface area contributed by atoms with Crippen molar-refractivity contribution in [2.24, 2.45) is 0 Å². The van der Waals surface area contributed by atoms with Crippen molar-refractivity contribution in [1.29, 1.82) is 0 Å². The maximum atomic E-state index is 13.6. The average molecular weight is 377 g/mol. The summed E-state index contributed by atoms with van der Waals surface area (Å²) in [6.45, 7) is -0.137. The molecule has 2 aromatic rings. The number of rotatable bonds is 3. The van der Waals surface area contributed by atoms with Crippen LogP contribution in [0.15, 0.2) is 46.9 Å². The van der Waals surface area contributed by atoms with E-state index in [0.29, 0.717) is 12.8 Å². The van der Waals surface area contributed by atoms with Gasteiger partial charge in [-0.05, 0) is 42.3 Å². The Morgan fingerprint density at radius 3 is 2.78 bits per heavy atom. The minimum Gasteiger partial charge on any atom is -0.322 e. The summed E-state index contributed by atoms with van der Waals surface area (Å²) < 4.78 is 14.5. The summed E-state index contributed by atoms with van der Waals surface area (Å²) in [6, 6.07) is 11.5. The minimum atomic E-state index is -0.504. The number of benzene rings is 2. The lowest BCUT2D eigenvalue weighted by atomic mass is 10.0. The first-order chi connectivity index (χ1) is 11.0. The van der Waals surface area contributed by atoms with Gasteiger partial charge in [0.05, 0.1) is 5.69 Å². The van der Waals surface area contributed by atoms with Gasteiger partial charge in [0.2, 0.25) is 11.8 Å². The van der Waals surface area contributed by atoms with Crippen LogP contribution in [0, 0.1) is 5.82 Å². The van der Waals surface area contributed by atoms with Gasteiger partial charge in [0.1, 0.15) is 12.4 Å². The first-order valence-electron chi connectivity index (χ1n) is 7.18. The van der Waals surface area contributed by atoms with Crippen LogP contribution in [0.5, 0.6) is 0 Å². The second-order valence-corrected chi connectivity index (χ2v) is 6.20. The van der Waals surface area contributed by atoms with Crippen molar-refractivity contribution in [3.05, 3.63) is 58.3 Å². The summed E-state index contributed by atoms with van der Waals surface area (Å²) in [5.74, 6) is -1.04. The number of nitrogens with one attached hydrogen (secondary N) is 1. The van der Waals surface area contributed by atoms with Gasteiger partial charge in [-0.2, -0.15) is 0 Å². The van der Waals surface area contributed by atoms with Crippen LogP contribution in [0.2, 0.25) is 0 Å². The maximum absolute atomic E-state index is 13.6. The molecular formula is C17H14BrFN2O2. The maximum Gasteiger partial charge on any atom is 0.244 e. The third-order valence-electron chi connectivity index (χ3n) is 3.69. The predicted octanol–water partition coefficient (Wildman–Crippen LogP) is 3.51. The van der Waals surface area contributed by atoms with E-state index in [4.69, 9.17) is 0 Å². The number of carbonyl (C=O) groups excluding carboxylic acids is 2. The van der Waals surface area contributed by atoms with Crippen molar-refractivity contribution >= 4 is 39.1 Å². The molecule has 23 heavy (non-hydrogen) atoms. The molecule has 2 aromatic carbocycles. The molecule has 3 rings (SSSR count). The number of halogens is 2. The molecule has 0 spiro atoms. The topological polar surface area (TPSA) is 49.4 Å². The van der Waals surface area contributed by atoms with Crippen molar-refractivity contribution < 1.29 is 14.0 Å². The average Bonchev–Trinajstić information content (AvgIpc) is 2.52. The van der Waals surface area contributed by atoms with Gasteiger partial charge >= 0.3 is 0 Å². The Bertz CT molecular complexity index is 779. The van der Waals surface area contributed by atoms with Crippen LogP contribution in [-0.2, 0) is 16.0 Å². The summed E-state index contributed by atoms with van der Waals surface area (Å²) in [6.07, 6.45) is 1.01. The Labute approximate surface area is 141 Å². The van der Waals surface area contributed by atoms with Gasteiger partial charge in [-0.1, -0.05) is 28.1 Å². The van der Waals surface area contributed by atoms with E-state index in [0.717, 1.165) is 15.7 Å². The van der Waals surface area contributed by atoms with Crippen molar-refractivity contribution in [2.75, 3.05) is 16.8 Å². The molecule has 0 fully saturated rings. The molecule has 118 valence electrons. The summed E-state index contributed by atoms with van der Waals surface area (Å²) in [7, 11) is 0. The number of nitrogens with zero attached hydrogens (tertiary/aromatic N) is 1. The molecule has 6 heteroatoms. The van der Waals surface area contributed by atoms with Crippen LogP contribution in [-0.4, -0.2) is 18.4 Å². The van der Waals surface area contributed by atoms with E-state index < -0.39 is 11.7 Å². The molecule has 4 nitrogen and oxygen atoms in total. The predicted molar refractivity (Wildman–Crippen MR) is 89.8 cm³/mol. The fourth-order valence-corrected chi connectivity index (χ4v) is 3.01. The van der Waals surface area contributed by atoms with Gasteiger partial charge in [0.15, 0.2) is 0 Å². The quantitative estimate of drug-likeness (QED) is 0.890. The number of fused-ring (bicyclic) bond motifs is 1. The highest BCUT2D eigenvalue weighted by molar-refractivity contribution is 9.10. The van der Waals surface area contributed by atoms with Gasteiger partial charge in [0, 0.05) is 16.6 Å². The van der Waals surface area contributed by atoms with E-state index >= 15 is 0 Å². The van der Waals surface area contributed by atoms with E-state index in [1.54, 1.807) is 12.1 Å². The molecule has 0 atom stereocenters. The lowest BCUT2D eigenvalue weighted by molar-refractivity contribution is -0.121. The molecule has 0 aliphatic carbocycles. The number of aryl methyl sites for hydroxylation is 1. The highest BCUT2D eigenvalue weighted by atomic mass is 79.9. The van der Waals surface area contributed by atoms with Crippen molar-refractivity contribution in [2.45, 2.75) is 12.8 Å². The number of para-hydroxylation sites is 1. The van der Waals surface area contributed by atoms with Crippen LogP contribution >= 0.6 is 15.9 Å². The summed E-state index contributed by atoms with van der Waals surface area (Å²) in [5, 5.41) is 2.50. The molecule has 0 unspecified atom stereocenters. The van der Waals surface area contributed by atoms with Gasteiger partial charge in [-0.3, -0.25) is 9.59 Å². The van der Waals surface area contributed by atoms with Crippen LogP contribution in [0.25, 0.3) is 0 Å². The minimum absolute atomic E-state index is 0.108. The Balaban J connectivity index is 1.78. The number of carbonyl (C=O) groups is 2. The lowest BCUT2D eigenvalue weighted by Gasteiger charge is -2.29. The van der Waals surface area contributed by atoms with Gasteiger partial charge in [0.25, 0.3) is 0 Å². The molecule has 0 saturated heterocycles. The van der Waals surface area contributed by atoms with Gasteiger partial charge < -0.3 is 10.2 Å². The van der Waals surface area contributed by atoms with E-state index in [2.05, 4.69) is 21.2 Å². The number of hydrogen-bond acceptors (Lipinski definition) is 2. The number of hydrogen-bond donors (Lipinski definition) is 1. The van der Waals surface area contributed by atoms with Crippen LogP contribution < -0.4 is 10.2 Å². The normalized spacial score (nSPS) is 13.7. The van der Waals surface area contributed by atoms with E-state index in [1.807, 2.05) is 18.2 Å². The monoisotopic (exact) mass is 376 g/mol. The molecular weight excluding hydrogens is 363 g/mol. The molecule has 0 saturated carbocycles. The fraction of sp³-hybridized carbons (Fsp3) is 0.176. The Morgan fingerprint density at radius 2 is 2.00 bits per heavy atom. The number of anilines is 2.